The van der Waals surface area contributed by atoms with Crippen molar-refractivity contribution >= 4 is 22.1 Å². The van der Waals surface area contributed by atoms with Gasteiger partial charge in [-0.25, -0.2) is 18.3 Å². The fourth-order valence-electron chi connectivity index (χ4n) is 4.18. The SMILES string of the molecule is Cc1ccc2c(oc3nc(C(C)C)ccc32)c1-c1cc(-c2ccc(F)cc2F)cc[n+]1C. The maximum absolute atomic E-state index is 14.5. The van der Waals surface area contributed by atoms with Crippen LogP contribution in [0.15, 0.2) is 65.2 Å². The molecular weight excluding hydrogens is 406 g/mol. The van der Waals surface area contributed by atoms with Gasteiger partial charge in [-0.05, 0) is 48.2 Å². The molecule has 0 N–H and O–H groups in total. The summed E-state index contributed by atoms with van der Waals surface area (Å²) < 4.78 is 36.2. The van der Waals surface area contributed by atoms with E-state index in [1.165, 1.54) is 12.1 Å². The second-order valence-corrected chi connectivity index (χ2v) is 8.52. The van der Waals surface area contributed by atoms with Crippen molar-refractivity contribution in [3.63, 3.8) is 0 Å². The summed E-state index contributed by atoms with van der Waals surface area (Å²) in [5.74, 6) is -0.882. The van der Waals surface area contributed by atoms with Gasteiger partial charge in [-0.2, -0.15) is 0 Å². The van der Waals surface area contributed by atoms with Crippen LogP contribution in [-0.4, -0.2) is 4.98 Å². The molecule has 3 heterocycles. The van der Waals surface area contributed by atoms with Crippen LogP contribution in [-0.2, 0) is 7.05 Å². The molecule has 160 valence electrons. The zero-order valence-corrected chi connectivity index (χ0v) is 18.4. The Labute approximate surface area is 185 Å². The highest BCUT2D eigenvalue weighted by Gasteiger charge is 2.22. The van der Waals surface area contributed by atoms with Gasteiger partial charge in [0.15, 0.2) is 11.8 Å². The molecule has 32 heavy (non-hydrogen) atoms. The lowest BCUT2D eigenvalue weighted by atomic mass is 9.98. The number of aromatic nitrogens is 2. The smallest absolute Gasteiger partial charge is 0.227 e. The van der Waals surface area contributed by atoms with Gasteiger partial charge in [-0.15, -0.1) is 0 Å². The Morgan fingerprint density at radius 1 is 0.938 bits per heavy atom. The van der Waals surface area contributed by atoms with Crippen molar-refractivity contribution in [3.05, 3.63) is 83.7 Å². The van der Waals surface area contributed by atoms with Crippen LogP contribution in [0.5, 0.6) is 0 Å². The number of fused-ring (bicyclic) bond motifs is 3. The molecule has 0 saturated heterocycles. The summed E-state index contributed by atoms with van der Waals surface area (Å²) >= 11 is 0. The Kier molecular flexibility index (Phi) is 4.77. The Morgan fingerprint density at radius 2 is 1.72 bits per heavy atom. The van der Waals surface area contributed by atoms with E-state index in [4.69, 9.17) is 9.40 Å². The molecule has 0 unspecified atom stereocenters. The predicted molar refractivity (Wildman–Crippen MR) is 122 cm³/mol. The van der Waals surface area contributed by atoms with Crippen LogP contribution in [0.25, 0.3) is 44.5 Å². The number of pyridine rings is 2. The molecule has 0 saturated carbocycles. The van der Waals surface area contributed by atoms with Gasteiger partial charge in [0.2, 0.25) is 11.4 Å². The molecule has 0 radical (unpaired) electrons. The minimum atomic E-state index is -0.593. The van der Waals surface area contributed by atoms with Crippen molar-refractivity contribution in [1.29, 1.82) is 0 Å². The highest BCUT2D eigenvalue weighted by Crippen LogP contribution is 2.37. The molecule has 0 fully saturated rings. The van der Waals surface area contributed by atoms with Gasteiger partial charge in [0, 0.05) is 40.2 Å². The summed E-state index contributed by atoms with van der Waals surface area (Å²) in [7, 11) is 1.94. The number of aryl methyl sites for hydroxylation is 2. The molecule has 3 aromatic heterocycles. The zero-order valence-electron chi connectivity index (χ0n) is 18.4. The summed E-state index contributed by atoms with van der Waals surface area (Å²) in [5.41, 5.74) is 6.20. The summed E-state index contributed by atoms with van der Waals surface area (Å²) in [6.07, 6.45) is 1.88. The van der Waals surface area contributed by atoms with E-state index in [1.54, 1.807) is 0 Å². The topological polar surface area (TPSA) is 29.9 Å². The van der Waals surface area contributed by atoms with E-state index >= 15 is 0 Å². The number of nitrogens with zero attached hydrogens (tertiary/aromatic N) is 2. The quantitative estimate of drug-likeness (QED) is 0.294. The first-order valence-electron chi connectivity index (χ1n) is 10.6. The zero-order chi connectivity index (χ0) is 22.6. The number of furan rings is 1. The average Bonchev–Trinajstić information content (AvgIpc) is 3.12. The molecule has 0 atom stereocenters. The lowest BCUT2D eigenvalue weighted by Crippen LogP contribution is -2.30. The fraction of sp³-hybridized carbons (Fsp3) is 0.185. The summed E-state index contributed by atoms with van der Waals surface area (Å²) in [5, 5.41) is 1.95. The van der Waals surface area contributed by atoms with Crippen molar-refractivity contribution in [1.82, 2.24) is 4.98 Å². The van der Waals surface area contributed by atoms with Gasteiger partial charge >= 0.3 is 0 Å². The molecule has 0 aliphatic carbocycles. The largest absolute Gasteiger partial charge is 0.437 e. The first kappa shape index (κ1) is 20.3. The predicted octanol–water partition coefficient (Wildman–Crippen LogP) is 6.85. The third-order valence-electron chi connectivity index (χ3n) is 5.98. The molecule has 5 heteroatoms. The van der Waals surface area contributed by atoms with E-state index < -0.39 is 11.6 Å². The number of hydrogen-bond acceptors (Lipinski definition) is 2. The molecule has 0 aliphatic rings. The fourth-order valence-corrected chi connectivity index (χ4v) is 4.18. The standard InChI is InChI=1S/C27H23F2N2O/c1-15(2)23-10-9-21-20-7-5-16(3)25(26(20)32-27(21)30-23)24-13-17(11-12-31(24)4)19-8-6-18(28)14-22(19)29/h5-15H,1-4H3/q+1. The first-order chi connectivity index (χ1) is 15.3. The highest BCUT2D eigenvalue weighted by atomic mass is 19.1. The normalized spacial score (nSPS) is 11.7. The van der Waals surface area contributed by atoms with Gasteiger partial charge < -0.3 is 4.42 Å². The van der Waals surface area contributed by atoms with Crippen molar-refractivity contribution in [2.75, 3.05) is 0 Å². The van der Waals surface area contributed by atoms with Crippen LogP contribution in [0.4, 0.5) is 8.78 Å². The lowest BCUT2D eigenvalue weighted by Gasteiger charge is -2.08. The van der Waals surface area contributed by atoms with E-state index in [0.717, 1.165) is 44.9 Å². The van der Waals surface area contributed by atoms with Crippen molar-refractivity contribution in [2.24, 2.45) is 7.05 Å². The van der Waals surface area contributed by atoms with Crippen molar-refractivity contribution in [2.45, 2.75) is 26.7 Å². The summed E-state index contributed by atoms with van der Waals surface area (Å²) in [6, 6.07) is 15.6. The van der Waals surface area contributed by atoms with Crippen LogP contribution >= 0.6 is 0 Å². The lowest BCUT2D eigenvalue weighted by molar-refractivity contribution is -0.660. The van der Waals surface area contributed by atoms with Gasteiger partial charge in [-0.1, -0.05) is 26.0 Å². The summed E-state index contributed by atoms with van der Waals surface area (Å²) in [6.45, 7) is 6.24. The molecule has 3 nitrogen and oxygen atoms in total. The third-order valence-corrected chi connectivity index (χ3v) is 5.98. The number of hydrogen-bond donors (Lipinski definition) is 0. The Morgan fingerprint density at radius 3 is 2.47 bits per heavy atom. The van der Waals surface area contributed by atoms with Crippen LogP contribution in [0.1, 0.15) is 31.0 Å². The maximum atomic E-state index is 14.5. The maximum Gasteiger partial charge on any atom is 0.227 e. The summed E-state index contributed by atoms with van der Waals surface area (Å²) in [4.78, 5) is 4.73. The van der Waals surface area contributed by atoms with Crippen LogP contribution in [0.3, 0.4) is 0 Å². The Bertz CT molecular complexity index is 1500. The second kappa shape index (κ2) is 7.52. The molecule has 5 aromatic rings. The molecule has 5 rings (SSSR count). The monoisotopic (exact) mass is 429 g/mol. The number of rotatable bonds is 3. The molecule has 0 bridgehead atoms. The number of benzene rings is 2. The molecule has 2 aromatic carbocycles. The van der Waals surface area contributed by atoms with Gasteiger partial charge in [0.05, 0.1) is 5.56 Å². The molecule has 0 amide bonds. The second-order valence-electron chi connectivity index (χ2n) is 8.52. The van der Waals surface area contributed by atoms with E-state index in [0.29, 0.717) is 22.8 Å². The third kappa shape index (κ3) is 3.25. The van der Waals surface area contributed by atoms with Crippen molar-refractivity contribution < 1.29 is 17.8 Å². The Hall–Kier alpha value is -3.60. The van der Waals surface area contributed by atoms with Gasteiger partial charge in [0.1, 0.15) is 18.7 Å². The van der Waals surface area contributed by atoms with Gasteiger partial charge in [0.25, 0.3) is 0 Å². The van der Waals surface area contributed by atoms with Crippen LogP contribution < -0.4 is 4.57 Å². The van der Waals surface area contributed by atoms with Gasteiger partial charge in [-0.3, -0.25) is 0 Å². The molecule has 0 spiro atoms. The van der Waals surface area contributed by atoms with E-state index in [2.05, 4.69) is 32.0 Å². The first-order valence-corrected chi connectivity index (χ1v) is 10.6. The molecular formula is C27H23F2N2O+. The molecule has 0 aliphatic heterocycles. The number of halogens is 2. The minimum Gasteiger partial charge on any atom is -0.437 e. The van der Waals surface area contributed by atoms with Crippen molar-refractivity contribution in [3.8, 4) is 22.4 Å². The van der Waals surface area contributed by atoms with Crippen LogP contribution in [0, 0.1) is 18.6 Å². The highest BCUT2D eigenvalue weighted by molar-refractivity contribution is 6.08. The van der Waals surface area contributed by atoms with Crippen LogP contribution in [0.2, 0.25) is 0 Å². The van der Waals surface area contributed by atoms with E-state index in [1.807, 2.05) is 42.9 Å². The Balaban J connectivity index is 1.77. The average molecular weight is 429 g/mol. The van der Waals surface area contributed by atoms with E-state index in [9.17, 15) is 8.78 Å². The van der Waals surface area contributed by atoms with E-state index in [-0.39, 0.29) is 0 Å². The minimum absolute atomic E-state index is 0.300.